The van der Waals surface area contributed by atoms with Crippen molar-refractivity contribution in [3.63, 3.8) is 0 Å². The molecule has 0 radical (unpaired) electrons. The molecule has 43 heavy (non-hydrogen) atoms. The van der Waals surface area contributed by atoms with Crippen LogP contribution in [0.25, 0.3) is 33.4 Å². The van der Waals surface area contributed by atoms with Gasteiger partial charge in [-0.3, -0.25) is 4.21 Å². The lowest BCUT2D eigenvalue weighted by atomic mass is 9.97. The van der Waals surface area contributed by atoms with Gasteiger partial charge in [-0.2, -0.15) is 0 Å². The number of nitrogens with one attached hydrogen (secondary N) is 1. The third-order valence-electron chi connectivity index (χ3n) is 6.83. The predicted octanol–water partition coefficient (Wildman–Crippen LogP) is 3.12. The molecule has 0 amide bonds. The number of ether oxygens (including phenoxy) is 3. The maximum absolute atomic E-state index is 15.9. The minimum Gasteiger partial charge on any atom is -0.760 e. The van der Waals surface area contributed by atoms with Gasteiger partial charge in [0.2, 0.25) is 5.95 Å². The van der Waals surface area contributed by atoms with E-state index in [1.54, 1.807) is 31.4 Å². The molecule has 1 aliphatic rings. The van der Waals surface area contributed by atoms with E-state index in [4.69, 9.17) is 29.9 Å². The first-order valence-corrected chi connectivity index (χ1v) is 14.6. The molecular weight excluding hydrogens is 584 g/mol. The largest absolute Gasteiger partial charge is 0.760 e. The number of rotatable bonds is 12. The van der Waals surface area contributed by atoms with Crippen LogP contribution in [0, 0.1) is 5.82 Å². The molecule has 1 saturated heterocycles. The van der Waals surface area contributed by atoms with E-state index in [0.717, 1.165) is 0 Å². The lowest BCUT2D eigenvalue weighted by molar-refractivity contribution is 0.122. The third kappa shape index (κ3) is 7.19. The number of fused-ring (bicyclic) bond motifs is 1. The molecule has 15 heteroatoms. The van der Waals surface area contributed by atoms with Crippen LogP contribution in [-0.2, 0) is 20.7 Å². The van der Waals surface area contributed by atoms with Gasteiger partial charge in [0.25, 0.3) is 0 Å². The van der Waals surface area contributed by atoms with E-state index in [1.165, 1.54) is 18.5 Å². The number of nitrogens with zero attached hydrogens (tertiary/aromatic N) is 5. The molecule has 0 saturated carbocycles. The van der Waals surface area contributed by atoms with E-state index < -0.39 is 23.3 Å². The number of hydrogen-bond acceptors (Lipinski definition) is 11. The van der Waals surface area contributed by atoms with Crippen molar-refractivity contribution in [3.8, 4) is 28.3 Å². The summed E-state index contributed by atoms with van der Waals surface area (Å²) in [4.78, 5) is 19.8. The topological polar surface area (TPSA) is 161 Å². The lowest BCUT2D eigenvalue weighted by Gasteiger charge is -2.29. The SMILES string of the molecule is COCCOc1cc(-c2cccc(C(F)CCNS(=O)[O-])c2F)cc2c(N3CCOCC3)nc(-c3cnc(N)nc3)nc12. The van der Waals surface area contributed by atoms with Gasteiger partial charge < -0.3 is 29.4 Å². The van der Waals surface area contributed by atoms with Crippen LogP contribution in [0.15, 0.2) is 42.7 Å². The van der Waals surface area contributed by atoms with Crippen molar-refractivity contribution < 1.29 is 31.8 Å². The molecule has 2 atom stereocenters. The van der Waals surface area contributed by atoms with Gasteiger partial charge in [0.15, 0.2) is 5.82 Å². The van der Waals surface area contributed by atoms with Crippen LogP contribution in [0.5, 0.6) is 5.75 Å². The number of hydrogen-bond donors (Lipinski definition) is 2. The van der Waals surface area contributed by atoms with Gasteiger partial charge in [-0.15, -0.1) is 0 Å². The van der Waals surface area contributed by atoms with Crippen LogP contribution in [0.3, 0.4) is 0 Å². The molecule has 0 aliphatic carbocycles. The summed E-state index contributed by atoms with van der Waals surface area (Å²) in [7, 11) is 1.55. The highest BCUT2D eigenvalue weighted by Gasteiger charge is 2.24. The molecule has 1 fully saturated rings. The van der Waals surface area contributed by atoms with Gasteiger partial charge in [-0.25, -0.2) is 33.4 Å². The molecule has 12 nitrogen and oxygen atoms in total. The van der Waals surface area contributed by atoms with E-state index in [1.807, 2.05) is 0 Å². The number of anilines is 2. The zero-order valence-electron chi connectivity index (χ0n) is 23.3. The first-order chi connectivity index (χ1) is 20.9. The Balaban J connectivity index is 1.66. The van der Waals surface area contributed by atoms with E-state index in [0.29, 0.717) is 72.3 Å². The van der Waals surface area contributed by atoms with Crippen LogP contribution in [-0.4, -0.2) is 81.9 Å². The highest BCUT2D eigenvalue weighted by Crippen LogP contribution is 2.39. The monoisotopic (exact) mass is 614 g/mol. The summed E-state index contributed by atoms with van der Waals surface area (Å²) in [5.74, 6) is 0.630. The predicted molar refractivity (Wildman–Crippen MR) is 156 cm³/mol. The minimum atomic E-state index is -2.54. The summed E-state index contributed by atoms with van der Waals surface area (Å²) >= 11 is -2.54. The van der Waals surface area contributed by atoms with Gasteiger partial charge in [-0.1, -0.05) is 18.2 Å². The molecule has 2 unspecified atom stereocenters. The minimum absolute atomic E-state index is 0.114. The van der Waals surface area contributed by atoms with Crippen LogP contribution in [0.1, 0.15) is 18.2 Å². The normalized spacial score (nSPS) is 15.0. The number of morpholine rings is 1. The number of alkyl halides is 1. The van der Waals surface area contributed by atoms with Crippen molar-refractivity contribution in [2.24, 2.45) is 0 Å². The van der Waals surface area contributed by atoms with Crippen molar-refractivity contribution in [2.45, 2.75) is 12.6 Å². The molecule has 2 aromatic heterocycles. The van der Waals surface area contributed by atoms with Crippen molar-refractivity contribution in [2.75, 3.05) is 63.8 Å². The molecule has 3 heterocycles. The van der Waals surface area contributed by atoms with Crippen LogP contribution >= 0.6 is 0 Å². The zero-order chi connectivity index (χ0) is 30.3. The summed E-state index contributed by atoms with van der Waals surface area (Å²) in [5.41, 5.74) is 7.08. The molecule has 228 valence electrons. The quantitative estimate of drug-likeness (QED) is 0.178. The van der Waals surface area contributed by atoms with Crippen LogP contribution < -0.4 is 20.1 Å². The Morgan fingerprint density at radius 1 is 1.16 bits per heavy atom. The summed E-state index contributed by atoms with van der Waals surface area (Å²) in [6, 6.07) is 7.85. The molecule has 2 aromatic carbocycles. The van der Waals surface area contributed by atoms with Gasteiger partial charge in [0.05, 0.1) is 25.4 Å². The number of aromatic nitrogens is 4. The third-order valence-corrected chi connectivity index (χ3v) is 7.27. The van der Waals surface area contributed by atoms with E-state index in [9.17, 15) is 8.76 Å². The van der Waals surface area contributed by atoms with E-state index in [-0.39, 0.29) is 36.6 Å². The molecular formula is C28H30F2N7O5S-. The van der Waals surface area contributed by atoms with Crippen LogP contribution in [0.4, 0.5) is 20.5 Å². The molecule has 4 aromatic rings. The Kier molecular flexibility index (Phi) is 9.99. The summed E-state index contributed by atoms with van der Waals surface area (Å²) in [6.07, 6.45) is 1.10. The molecule has 5 rings (SSSR count). The van der Waals surface area contributed by atoms with Crippen molar-refractivity contribution in [3.05, 3.63) is 54.1 Å². The maximum atomic E-state index is 15.9. The fourth-order valence-corrected chi connectivity index (χ4v) is 5.01. The first kappa shape index (κ1) is 30.6. The molecule has 0 bridgehead atoms. The average Bonchev–Trinajstić information content (AvgIpc) is 3.01. The first-order valence-electron chi connectivity index (χ1n) is 13.5. The second-order valence-electron chi connectivity index (χ2n) is 9.61. The smallest absolute Gasteiger partial charge is 0.219 e. The van der Waals surface area contributed by atoms with Gasteiger partial charge in [0, 0.05) is 66.9 Å². The Bertz CT molecular complexity index is 1590. The highest BCUT2D eigenvalue weighted by molar-refractivity contribution is 7.77. The van der Waals surface area contributed by atoms with Crippen molar-refractivity contribution in [1.82, 2.24) is 24.7 Å². The van der Waals surface area contributed by atoms with Crippen molar-refractivity contribution in [1.29, 1.82) is 0 Å². The molecule has 0 spiro atoms. The standard InChI is InChI=1S/C28H31F2N7O5S/c1-40-11-12-42-23-14-17(19-3-2-4-20(24(19)30)22(29)5-6-34-43(38)39)13-21-25(23)35-26(18-15-32-28(31)33-16-18)36-27(21)37-7-9-41-10-8-37/h2-4,13-16,22,34H,5-12H2,1H3,(H,38,39)(H2,31,32,33)/p-1. The zero-order valence-corrected chi connectivity index (χ0v) is 24.1. The molecule has 3 N–H and O–H groups in total. The van der Waals surface area contributed by atoms with E-state index in [2.05, 4.69) is 19.6 Å². The second-order valence-corrected chi connectivity index (χ2v) is 10.4. The van der Waals surface area contributed by atoms with E-state index >= 15 is 8.78 Å². The Morgan fingerprint density at radius 3 is 2.65 bits per heavy atom. The Morgan fingerprint density at radius 2 is 1.93 bits per heavy atom. The second kappa shape index (κ2) is 14.1. The lowest BCUT2D eigenvalue weighted by Crippen LogP contribution is -2.37. The average molecular weight is 615 g/mol. The Labute approximate surface area is 249 Å². The van der Waals surface area contributed by atoms with Crippen LogP contribution in [0.2, 0.25) is 0 Å². The fraction of sp³-hybridized carbons (Fsp3) is 0.357. The summed E-state index contributed by atoms with van der Waals surface area (Å²) < 4.78 is 71.4. The van der Waals surface area contributed by atoms with Gasteiger partial charge in [0.1, 0.15) is 35.7 Å². The summed E-state index contributed by atoms with van der Waals surface area (Å²) in [5, 5.41) is 0.593. The molecule has 1 aliphatic heterocycles. The summed E-state index contributed by atoms with van der Waals surface area (Å²) in [6.45, 7) is 2.41. The fourth-order valence-electron chi connectivity index (χ4n) is 4.72. The number of benzene rings is 2. The maximum Gasteiger partial charge on any atom is 0.219 e. The van der Waals surface area contributed by atoms with Gasteiger partial charge >= 0.3 is 0 Å². The number of halogens is 2. The Hall–Kier alpha value is -3.89. The number of nitrogens with two attached hydrogens (primary N) is 1. The van der Waals surface area contributed by atoms with Gasteiger partial charge in [-0.05, 0) is 24.1 Å². The van der Waals surface area contributed by atoms with Crippen molar-refractivity contribution >= 4 is 33.9 Å². The number of methoxy groups -OCH3 is 1. The highest BCUT2D eigenvalue weighted by atomic mass is 32.2. The number of nitrogen functional groups attached to an aromatic ring is 1.